The summed E-state index contributed by atoms with van der Waals surface area (Å²) < 4.78 is 14.0. The Balaban J connectivity index is 1.37. The number of piperidine rings is 1. The van der Waals surface area contributed by atoms with Gasteiger partial charge in [0.2, 0.25) is 5.91 Å². The molecule has 2 fully saturated rings. The number of H-pyrrole nitrogens is 1. The maximum atomic E-state index is 14.1. The highest BCUT2D eigenvalue weighted by Crippen LogP contribution is 2.59. The summed E-state index contributed by atoms with van der Waals surface area (Å²) in [7, 11) is -1.33. The van der Waals surface area contributed by atoms with Gasteiger partial charge in [0.05, 0.1) is 17.9 Å². The van der Waals surface area contributed by atoms with Crippen LogP contribution in [-0.2, 0) is 25.8 Å². The smallest absolute Gasteiger partial charge is 0.410 e. The van der Waals surface area contributed by atoms with Crippen molar-refractivity contribution in [2.24, 2.45) is 11.3 Å². The lowest BCUT2D eigenvalue weighted by molar-refractivity contribution is -0.124. The van der Waals surface area contributed by atoms with Crippen molar-refractivity contribution in [3.8, 4) is 11.3 Å². The number of benzene rings is 1. The van der Waals surface area contributed by atoms with E-state index in [4.69, 9.17) is 14.5 Å². The van der Waals surface area contributed by atoms with E-state index in [-0.39, 0.29) is 47.4 Å². The van der Waals surface area contributed by atoms with Gasteiger partial charge in [0.25, 0.3) is 5.56 Å². The summed E-state index contributed by atoms with van der Waals surface area (Å²) in [6.45, 7) is 16.6. The van der Waals surface area contributed by atoms with E-state index in [1.165, 1.54) is 0 Å². The molecule has 1 saturated heterocycles. The van der Waals surface area contributed by atoms with Gasteiger partial charge in [0.1, 0.15) is 23.9 Å². The Morgan fingerprint density at radius 2 is 1.85 bits per heavy atom. The summed E-state index contributed by atoms with van der Waals surface area (Å²) in [4.78, 5) is 60.6. The molecule has 2 amide bonds. The number of amides is 2. The quantitative estimate of drug-likeness (QED) is 0.113. The number of carbonyl (C=O) groups is 3. The maximum absolute atomic E-state index is 14.1. The van der Waals surface area contributed by atoms with Gasteiger partial charge in [-0.05, 0) is 87.9 Å². The van der Waals surface area contributed by atoms with Crippen LogP contribution >= 0.6 is 0 Å². The Kier molecular flexibility index (Phi) is 12.5. The van der Waals surface area contributed by atoms with Crippen molar-refractivity contribution in [2.75, 3.05) is 19.7 Å². The highest BCUT2D eigenvalue weighted by atomic mass is 28.3. The number of nitrogens with one attached hydrogen (secondary N) is 2. The maximum Gasteiger partial charge on any atom is 0.410 e. The first-order valence-corrected chi connectivity index (χ1v) is 22.8. The molecule has 1 spiro atoms. The number of ether oxygens (including phenoxy) is 2. The molecule has 3 aromatic rings. The van der Waals surface area contributed by atoms with Crippen molar-refractivity contribution in [2.45, 2.75) is 130 Å². The molecular weight excluding hydrogens is 675 g/mol. The number of nitrogens with zero attached hydrogens (tertiary/aromatic N) is 3. The third-order valence-corrected chi connectivity index (χ3v) is 12.3. The molecule has 1 aliphatic carbocycles. The molecular formula is C40H59N5O6Si. The van der Waals surface area contributed by atoms with E-state index >= 15 is 0 Å². The Morgan fingerprint density at radius 3 is 2.54 bits per heavy atom. The molecule has 0 radical (unpaired) electrons. The van der Waals surface area contributed by atoms with Gasteiger partial charge >= 0.3 is 6.09 Å². The number of unbranched alkanes of at least 4 members (excludes halogenated alkanes) is 2. The molecule has 12 heteroatoms. The average molecular weight is 734 g/mol. The fourth-order valence-corrected chi connectivity index (χ4v) is 7.97. The number of Topliss-reactive ketones (excluding diaryl/α,β-unsaturated/α-hetero) is 1. The number of ketones is 1. The number of carbonyl (C=O) groups excluding carboxylic acids is 3. The number of rotatable bonds is 16. The van der Waals surface area contributed by atoms with E-state index in [0.717, 1.165) is 67.0 Å². The molecule has 1 aliphatic heterocycles. The lowest BCUT2D eigenvalue weighted by Crippen LogP contribution is -2.43. The molecule has 2 aromatic heterocycles. The first-order valence-electron chi connectivity index (χ1n) is 19.1. The van der Waals surface area contributed by atoms with Crippen molar-refractivity contribution in [3.63, 3.8) is 0 Å². The number of aromatic amines is 1. The number of pyridine rings is 1. The zero-order valence-corrected chi connectivity index (χ0v) is 33.3. The Bertz CT molecular complexity index is 1780. The average Bonchev–Trinajstić information content (AvgIpc) is 3.61. The molecule has 0 bridgehead atoms. The lowest BCUT2D eigenvalue weighted by atomic mass is 9.90. The molecule has 2 aliphatic rings. The van der Waals surface area contributed by atoms with Crippen LogP contribution in [0.25, 0.3) is 22.0 Å². The van der Waals surface area contributed by atoms with Crippen molar-refractivity contribution < 1.29 is 23.9 Å². The summed E-state index contributed by atoms with van der Waals surface area (Å²) in [5, 5.41) is 4.86. The van der Waals surface area contributed by atoms with Gasteiger partial charge in [-0.25, -0.2) is 9.78 Å². The van der Waals surface area contributed by atoms with E-state index < -0.39 is 13.7 Å². The SMILES string of the molecule is CCC(=O)CCCCC[C@H](NC(=O)[C@H]1CC12CCN(C(=O)OC(C)(C)C)CC2)c1ncc(-c2ccc3c(=O)[nH]ccc3c2)n1COCC[Si](C)(C)C. The summed E-state index contributed by atoms with van der Waals surface area (Å²) in [6, 6.07) is 8.34. The second kappa shape index (κ2) is 16.5. The molecule has 2 atom stereocenters. The van der Waals surface area contributed by atoms with Gasteiger partial charge < -0.3 is 29.2 Å². The fraction of sp³-hybridized carbons (Fsp3) is 0.625. The van der Waals surface area contributed by atoms with Crippen LogP contribution < -0.4 is 10.9 Å². The predicted octanol–water partition coefficient (Wildman–Crippen LogP) is 7.83. The van der Waals surface area contributed by atoms with Crippen LogP contribution in [0.15, 0.2) is 41.5 Å². The zero-order chi connectivity index (χ0) is 37.7. The summed E-state index contributed by atoms with van der Waals surface area (Å²) in [5.41, 5.74) is 0.983. The molecule has 5 rings (SSSR count). The number of imidazole rings is 1. The molecule has 3 heterocycles. The number of hydrogen-bond acceptors (Lipinski definition) is 7. The molecule has 1 saturated carbocycles. The Morgan fingerprint density at radius 1 is 1.10 bits per heavy atom. The van der Waals surface area contributed by atoms with Gasteiger partial charge in [0.15, 0.2) is 0 Å². The van der Waals surface area contributed by atoms with Gasteiger partial charge in [-0.1, -0.05) is 45.5 Å². The number of likely N-dealkylation sites (tertiary alicyclic amines) is 1. The van der Waals surface area contributed by atoms with Gasteiger partial charge in [-0.3, -0.25) is 14.4 Å². The van der Waals surface area contributed by atoms with E-state index in [2.05, 4.69) is 34.5 Å². The van der Waals surface area contributed by atoms with E-state index in [1.807, 2.05) is 58.2 Å². The second-order valence-electron chi connectivity index (χ2n) is 17.0. The Labute approximate surface area is 309 Å². The van der Waals surface area contributed by atoms with Crippen LogP contribution in [0.4, 0.5) is 4.79 Å². The first-order chi connectivity index (χ1) is 24.6. The molecule has 2 N–H and O–H groups in total. The minimum Gasteiger partial charge on any atom is -0.444 e. The van der Waals surface area contributed by atoms with Crippen molar-refractivity contribution in [1.82, 2.24) is 24.8 Å². The standard InChI is InChI=1S/C40H59N5O6Si/c1-8-30(46)12-10-9-11-13-33(43-37(48)32-25-40(32)17-20-44(21-18-40)38(49)51-39(2,3)4)35-42-26-34(45(35)27-50-22-23-52(5,6)7)29-14-15-31-28(24-29)16-19-41-36(31)47/h14-16,19,24,26,32-33H,8-13,17-18,20-23,25,27H2,1-7H3,(H,41,47)(H,43,48)/t32-,33+/m1/s1. The molecule has 52 heavy (non-hydrogen) atoms. The van der Waals surface area contributed by atoms with Crippen LogP contribution in [0.3, 0.4) is 0 Å². The number of fused-ring (bicyclic) bond motifs is 1. The minimum absolute atomic E-state index is 0.0255. The summed E-state index contributed by atoms with van der Waals surface area (Å²) >= 11 is 0. The predicted molar refractivity (Wildman–Crippen MR) is 207 cm³/mol. The Hall–Kier alpha value is -3.77. The van der Waals surface area contributed by atoms with Crippen molar-refractivity contribution in [3.05, 3.63) is 52.8 Å². The van der Waals surface area contributed by atoms with Crippen LogP contribution in [0, 0.1) is 11.3 Å². The summed E-state index contributed by atoms with van der Waals surface area (Å²) in [6.07, 6.45) is 9.90. The summed E-state index contributed by atoms with van der Waals surface area (Å²) in [5.74, 6) is 0.918. The lowest BCUT2D eigenvalue weighted by Gasteiger charge is -2.34. The fourth-order valence-electron chi connectivity index (χ4n) is 7.21. The zero-order valence-electron chi connectivity index (χ0n) is 32.3. The van der Waals surface area contributed by atoms with Crippen LogP contribution in [0.1, 0.15) is 97.3 Å². The minimum atomic E-state index is -1.33. The highest BCUT2D eigenvalue weighted by molar-refractivity contribution is 6.76. The molecule has 0 unspecified atom stereocenters. The third-order valence-electron chi connectivity index (χ3n) is 10.6. The molecule has 11 nitrogen and oxygen atoms in total. The monoisotopic (exact) mass is 733 g/mol. The first kappa shape index (κ1) is 39.4. The largest absolute Gasteiger partial charge is 0.444 e. The van der Waals surface area contributed by atoms with Crippen molar-refractivity contribution >= 4 is 36.6 Å². The van der Waals surface area contributed by atoms with Crippen LogP contribution in [0.2, 0.25) is 25.7 Å². The van der Waals surface area contributed by atoms with Crippen LogP contribution in [0.5, 0.6) is 0 Å². The molecule has 1 aromatic carbocycles. The topological polar surface area (TPSA) is 136 Å². The second-order valence-corrected chi connectivity index (χ2v) is 22.6. The third kappa shape index (κ3) is 10.2. The van der Waals surface area contributed by atoms with Crippen LogP contribution in [-0.4, -0.2) is 70.6 Å². The van der Waals surface area contributed by atoms with E-state index in [1.54, 1.807) is 11.1 Å². The molecule has 284 valence electrons. The van der Waals surface area contributed by atoms with E-state index in [9.17, 15) is 19.2 Å². The van der Waals surface area contributed by atoms with E-state index in [0.29, 0.717) is 44.3 Å². The highest BCUT2D eigenvalue weighted by Gasteiger charge is 2.59. The van der Waals surface area contributed by atoms with Gasteiger partial charge in [-0.2, -0.15) is 0 Å². The number of aromatic nitrogens is 3. The normalized spacial score (nSPS) is 17.7. The number of hydrogen-bond donors (Lipinski definition) is 2. The van der Waals surface area contributed by atoms with Gasteiger partial charge in [0, 0.05) is 63.7 Å². The van der Waals surface area contributed by atoms with Crippen molar-refractivity contribution in [1.29, 1.82) is 0 Å². The van der Waals surface area contributed by atoms with Gasteiger partial charge in [-0.15, -0.1) is 0 Å².